The molecule has 0 aliphatic carbocycles. The second-order valence-corrected chi connectivity index (χ2v) is 7.14. The fourth-order valence-corrected chi connectivity index (χ4v) is 3.96. The first-order valence-electron chi connectivity index (χ1n) is 5.95. The minimum absolute atomic E-state index is 0.621. The predicted octanol–water partition coefficient (Wildman–Crippen LogP) is 2.65. The molecule has 0 amide bonds. The third-order valence-corrected chi connectivity index (χ3v) is 5.65. The van der Waals surface area contributed by atoms with Crippen LogP contribution in [-0.2, 0) is 4.57 Å². The molecule has 0 heterocycles. The van der Waals surface area contributed by atoms with Gasteiger partial charge in [0.1, 0.15) is 18.6 Å². The molecule has 100 valence electrons. The summed E-state index contributed by atoms with van der Waals surface area (Å²) in [5, 5.41) is 1.49. The smallest absolute Gasteiger partial charge is 0.144 e. The zero-order valence-electron chi connectivity index (χ0n) is 11.3. The van der Waals surface area contributed by atoms with E-state index >= 15 is 0 Å². The van der Waals surface area contributed by atoms with Crippen LogP contribution in [-0.4, -0.2) is 20.9 Å². The van der Waals surface area contributed by atoms with Gasteiger partial charge in [-0.15, -0.1) is 0 Å². The van der Waals surface area contributed by atoms with E-state index in [1.54, 1.807) is 39.1 Å². The SMILES string of the molecule is COc1ccc(OC)c([P@@](C)(=O)c2ccccc2)c1. The maximum absolute atomic E-state index is 13.1. The first-order valence-corrected chi connectivity index (χ1v) is 8.10. The molecule has 2 rings (SSSR count). The molecule has 0 saturated heterocycles. The first kappa shape index (κ1) is 13.7. The highest BCUT2D eigenvalue weighted by Crippen LogP contribution is 2.42. The van der Waals surface area contributed by atoms with Crippen LogP contribution in [0.2, 0.25) is 0 Å². The van der Waals surface area contributed by atoms with Gasteiger partial charge >= 0.3 is 0 Å². The number of methoxy groups -OCH3 is 2. The summed E-state index contributed by atoms with van der Waals surface area (Å²) < 4.78 is 23.7. The lowest BCUT2D eigenvalue weighted by Gasteiger charge is -2.18. The minimum Gasteiger partial charge on any atom is -0.497 e. The second-order valence-electron chi connectivity index (χ2n) is 4.30. The summed E-state index contributed by atoms with van der Waals surface area (Å²) in [7, 11) is 0.475. The van der Waals surface area contributed by atoms with Crippen molar-refractivity contribution < 1.29 is 14.0 Å². The van der Waals surface area contributed by atoms with Gasteiger partial charge in [0.25, 0.3) is 0 Å². The molecule has 0 bridgehead atoms. The number of hydrogen-bond acceptors (Lipinski definition) is 3. The van der Waals surface area contributed by atoms with E-state index in [2.05, 4.69) is 0 Å². The molecular weight excluding hydrogens is 259 g/mol. The van der Waals surface area contributed by atoms with Crippen LogP contribution in [0.4, 0.5) is 0 Å². The van der Waals surface area contributed by atoms with Crippen LogP contribution in [0.3, 0.4) is 0 Å². The Morgan fingerprint density at radius 2 is 1.63 bits per heavy atom. The highest BCUT2D eigenvalue weighted by atomic mass is 31.2. The lowest BCUT2D eigenvalue weighted by atomic mass is 10.3. The molecule has 0 fully saturated rings. The van der Waals surface area contributed by atoms with Crippen molar-refractivity contribution in [2.45, 2.75) is 0 Å². The first-order chi connectivity index (χ1) is 9.09. The Labute approximate surface area is 113 Å². The van der Waals surface area contributed by atoms with Gasteiger partial charge in [0, 0.05) is 5.30 Å². The number of ether oxygens (including phenoxy) is 2. The lowest BCUT2D eigenvalue weighted by molar-refractivity contribution is 0.405. The van der Waals surface area contributed by atoms with Crippen LogP contribution in [0.1, 0.15) is 0 Å². The molecule has 1 atom stereocenters. The summed E-state index contributed by atoms with van der Waals surface area (Å²) in [5.74, 6) is 1.30. The zero-order chi connectivity index (χ0) is 13.9. The maximum atomic E-state index is 13.1. The van der Waals surface area contributed by atoms with Crippen molar-refractivity contribution in [3.63, 3.8) is 0 Å². The van der Waals surface area contributed by atoms with Gasteiger partial charge in [-0.05, 0) is 24.9 Å². The van der Waals surface area contributed by atoms with Gasteiger partial charge in [-0.1, -0.05) is 30.3 Å². The van der Waals surface area contributed by atoms with Crippen molar-refractivity contribution in [1.82, 2.24) is 0 Å². The quantitative estimate of drug-likeness (QED) is 0.805. The average Bonchev–Trinajstić information content (AvgIpc) is 2.47. The van der Waals surface area contributed by atoms with E-state index < -0.39 is 7.14 Å². The minimum atomic E-state index is -2.70. The average molecular weight is 276 g/mol. The Morgan fingerprint density at radius 3 is 2.21 bits per heavy atom. The molecule has 0 N–H and O–H groups in total. The molecule has 0 unspecified atom stereocenters. The molecule has 0 radical (unpaired) electrons. The highest BCUT2D eigenvalue weighted by Gasteiger charge is 2.25. The van der Waals surface area contributed by atoms with Crippen molar-refractivity contribution in [3.05, 3.63) is 48.5 Å². The topological polar surface area (TPSA) is 35.5 Å². The Balaban J connectivity index is 2.59. The summed E-state index contributed by atoms with van der Waals surface area (Å²) in [4.78, 5) is 0. The van der Waals surface area contributed by atoms with Crippen molar-refractivity contribution in [2.24, 2.45) is 0 Å². The molecule has 0 aliphatic rings. The number of benzene rings is 2. The third kappa shape index (κ3) is 2.66. The van der Waals surface area contributed by atoms with E-state index in [4.69, 9.17) is 9.47 Å². The van der Waals surface area contributed by atoms with E-state index in [1.165, 1.54) is 0 Å². The molecule has 2 aromatic rings. The van der Waals surface area contributed by atoms with E-state index in [1.807, 2.05) is 30.3 Å². The van der Waals surface area contributed by atoms with Crippen molar-refractivity contribution in [1.29, 1.82) is 0 Å². The summed E-state index contributed by atoms with van der Waals surface area (Å²) in [6, 6.07) is 14.8. The highest BCUT2D eigenvalue weighted by molar-refractivity contribution is 7.78. The summed E-state index contributed by atoms with van der Waals surface area (Å²) >= 11 is 0. The number of hydrogen-bond donors (Lipinski definition) is 0. The fourth-order valence-electron chi connectivity index (χ4n) is 1.98. The maximum Gasteiger partial charge on any atom is 0.144 e. The van der Waals surface area contributed by atoms with Crippen LogP contribution in [0, 0.1) is 0 Å². The van der Waals surface area contributed by atoms with Crippen molar-refractivity contribution in [2.75, 3.05) is 20.9 Å². The molecule has 2 aromatic carbocycles. The Kier molecular flexibility index (Phi) is 3.96. The molecule has 4 heteroatoms. The Bertz CT molecular complexity index is 608. The summed E-state index contributed by atoms with van der Waals surface area (Å²) in [6.45, 7) is 1.75. The Hall–Kier alpha value is -1.73. The summed E-state index contributed by atoms with van der Waals surface area (Å²) in [5.41, 5.74) is 0. The molecule has 19 heavy (non-hydrogen) atoms. The van der Waals surface area contributed by atoms with Crippen LogP contribution in [0.15, 0.2) is 48.5 Å². The lowest BCUT2D eigenvalue weighted by Crippen LogP contribution is -2.17. The zero-order valence-corrected chi connectivity index (χ0v) is 12.2. The molecule has 0 aliphatic heterocycles. The molecular formula is C15H17O3P. The predicted molar refractivity (Wildman–Crippen MR) is 78.8 cm³/mol. The molecule has 0 spiro atoms. The molecule has 0 saturated carbocycles. The van der Waals surface area contributed by atoms with Crippen LogP contribution in [0.5, 0.6) is 11.5 Å². The monoisotopic (exact) mass is 276 g/mol. The van der Waals surface area contributed by atoms with Crippen LogP contribution in [0.25, 0.3) is 0 Å². The van der Waals surface area contributed by atoms with Gasteiger partial charge in [-0.2, -0.15) is 0 Å². The number of rotatable bonds is 4. The second kappa shape index (κ2) is 5.50. The fraction of sp³-hybridized carbons (Fsp3) is 0.200. The van der Waals surface area contributed by atoms with Gasteiger partial charge < -0.3 is 14.0 Å². The van der Waals surface area contributed by atoms with E-state index in [-0.39, 0.29) is 0 Å². The van der Waals surface area contributed by atoms with Gasteiger partial charge in [-0.25, -0.2) is 0 Å². The van der Waals surface area contributed by atoms with Crippen LogP contribution < -0.4 is 20.1 Å². The van der Waals surface area contributed by atoms with E-state index in [0.717, 1.165) is 5.30 Å². The van der Waals surface area contributed by atoms with E-state index in [9.17, 15) is 4.57 Å². The van der Waals surface area contributed by atoms with Gasteiger partial charge in [-0.3, -0.25) is 0 Å². The summed E-state index contributed by atoms with van der Waals surface area (Å²) in [6.07, 6.45) is 0. The van der Waals surface area contributed by atoms with Gasteiger partial charge in [0.05, 0.1) is 19.5 Å². The van der Waals surface area contributed by atoms with E-state index in [0.29, 0.717) is 16.8 Å². The normalized spacial score (nSPS) is 13.6. The van der Waals surface area contributed by atoms with Gasteiger partial charge in [0.15, 0.2) is 0 Å². The Morgan fingerprint density at radius 1 is 0.947 bits per heavy atom. The van der Waals surface area contributed by atoms with Crippen molar-refractivity contribution in [3.8, 4) is 11.5 Å². The van der Waals surface area contributed by atoms with Gasteiger partial charge in [0.2, 0.25) is 0 Å². The molecule has 3 nitrogen and oxygen atoms in total. The largest absolute Gasteiger partial charge is 0.497 e. The molecule has 0 aromatic heterocycles. The van der Waals surface area contributed by atoms with Crippen LogP contribution >= 0.6 is 7.14 Å². The standard InChI is InChI=1S/C15H17O3P/c1-17-12-9-10-14(18-2)15(11-12)19(3,16)13-7-5-4-6-8-13/h4-11H,1-3H3/t19-/m0/s1. The van der Waals surface area contributed by atoms with Crippen molar-refractivity contribution >= 4 is 17.8 Å². The third-order valence-electron chi connectivity index (χ3n) is 3.09.